The fourth-order valence-corrected chi connectivity index (χ4v) is 8.16. The lowest BCUT2D eigenvalue weighted by atomic mass is 9.98. The van der Waals surface area contributed by atoms with Crippen LogP contribution in [0.2, 0.25) is 5.02 Å². The van der Waals surface area contributed by atoms with Crippen LogP contribution in [0.15, 0.2) is 42.9 Å². The number of fused-ring (bicyclic) bond motifs is 1. The van der Waals surface area contributed by atoms with Crippen LogP contribution in [0.4, 0.5) is 34.5 Å². The van der Waals surface area contributed by atoms with E-state index >= 15 is 0 Å². The molecule has 0 bridgehead atoms. The molecule has 1 aliphatic carbocycles. The van der Waals surface area contributed by atoms with Gasteiger partial charge in [-0.15, -0.1) is 0 Å². The molecule has 0 radical (unpaired) electrons. The monoisotopic (exact) mass is 734 g/mol. The van der Waals surface area contributed by atoms with E-state index in [4.69, 9.17) is 21.3 Å². The summed E-state index contributed by atoms with van der Waals surface area (Å²) >= 11 is 6.63. The molecule has 0 atom stereocenters. The number of likely N-dealkylation sites (N-methyl/N-ethyl adjacent to an activating group) is 1. The minimum absolute atomic E-state index is 0.0832. The molecule has 2 saturated heterocycles. The lowest BCUT2D eigenvalue weighted by Gasteiger charge is -2.43. The third-order valence-electron chi connectivity index (χ3n) is 10.4. The highest BCUT2D eigenvalue weighted by molar-refractivity contribution is 7.92. The van der Waals surface area contributed by atoms with Gasteiger partial charge in [-0.1, -0.05) is 11.6 Å². The van der Waals surface area contributed by atoms with E-state index in [1.165, 1.54) is 47.8 Å². The average Bonchev–Trinajstić information content (AvgIpc) is 3.97. The van der Waals surface area contributed by atoms with Crippen LogP contribution in [0, 0.1) is 5.92 Å². The fourth-order valence-electron chi connectivity index (χ4n) is 7.17. The first-order valence-corrected chi connectivity index (χ1v) is 19.8. The number of ether oxygens (including phenoxy) is 1. The Bertz CT molecular complexity index is 1980. The van der Waals surface area contributed by atoms with Gasteiger partial charge in [-0.2, -0.15) is 4.98 Å². The van der Waals surface area contributed by atoms with Crippen molar-refractivity contribution in [1.82, 2.24) is 29.7 Å². The van der Waals surface area contributed by atoms with E-state index < -0.39 is 10.0 Å². The minimum Gasteiger partial charge on any atom is -0.494 e. The van der Waals surface area contributed by atoms with Gasteiger partial charge in [0.05, 0.1) is 36.0 Å². The zero-order valence-corrected chi connectivity index (χ0v) is 31.3. The van der Waals surface area contributed by atoms with Crippen molar-refractivity contribution in [3.8, 4) is 5.75 Å². The van der Waals surface area contributed by atoms with Gasteiger partial charge in [0, 0.05) is 76.5 Å². The van der Waals surface area contributed by atoms with Crippen LogP contribution in [0.25, 0.3) is 11.0 Å². The normalized spacial score (nSPS) is 17.9. The second-order valence-electron chi connectivity index (χ2n) is 13.8. The molecule has 4 aromatic rings. The summed E-state index contributed by atoms with van der Waals surface area (Å²) in [6.07, 6.45) is 10.5. The maximum Gasteiger partial charge on any atom is 0.234 e. The highest BCUT2D eigenvalue weighted by atomic mass is 35.5. The molecule has 2 aromatic heterocycles. The topological polar surface area (TPSA) is 132 Å². The number of nitrogens with zero attached hydrogens (tertiary/aromatic N) is 8. The SMILES string of the molecule is CCS(=O)(=O)N(C)c1c(Nc2nc(Nc3cc(CC4CC4)c(N4CCC(N5CCN(C)CC5)CC4)cc3OC)ncc2Cl)ccc2nccnc12. The van der Waals surface area contributed by atoms with Crippen molar-refractivity contribution < 1.29 is 13.2 Å². The Labute approximate surface area is 305 Å². The Morgan fingerprint density at radius 1 is 0.961 bits per heavy atom. The Balaban J connectivity index is 1.15. The standard InChI is InChI=1S/C36H47ClN10O3S/c1-5-51(48,49)45(3)34-29(9-8-28-33(34)39-13-12-38-28)41-35-27(37)23-40-36(43-35)42-30-21-25(20-24-6-7-24)31(22-32(30)50-4)47-14-10-26(11-15-47)46-18-16-44(2)17-19-46/h8-9,12-13,21-24,26H,5-7,10-11,14-20H2,1-4H3,(H2,40,41,42,43). The van der Waals surface area contributed by atoms with E-state index in [0.717, 1.165) is 64.2 Å². The third kappa shape index (κ3) is 7.79. The highest BCUT2D eigenvalue weighted by Gasteiger charge is 2.30. The Kier molecular flexibility index (Phi) is 10.4. The van der Waals surface area contributed by atoms with Crippen LogP contribution in [-0.4, -0.2) is 110 Å². The van der Waals surface area contributed by atoms with Crippen molar-refractivity contribution in [2.24, 2.45) is 5.92 Å². The van der Waals surface area contributed by atoms with Crippen molar-refractivity contribution in [3.63, 3.8) is 0 Å². The van der Waals surface area contributed by atoms with Crippen molar-refractivity contribution in [1.29, 1.82) is 0 Å². The highest BCUT2D eigenvalue weighted by Crippen LogP contribution is 2.42. The molecule has 13 nitrogen and oxygen atoms in total. The summed E-state index contributed by atoms with van der Waals surface area (Å²) in [5.41, 5.74) is 5.12. The van der Waals surface area contributed by atoms with Gasteiger partial charge < -0.3 is 25.2 Å². The van der Waals surface area contributed by atoms with Crippen LogP contribution in [-0.2, 0) is 16.4 Å². The number of hydrogen-bond donors (Lipinski definition) is 2. The number of aromatic nitrogens is 4. The first-order chi connectivity index (χ1) is 24.6. The molecule has 51 heavy (non-hydrogen) atoms. The number of piperazine rings is 1. The number of sulfonamides is 1. The van der Waals surface area contributed by atoms with E-state index in [1.54, 1.807) is 32.4 Å². The van der Waals surface area contributed by atoms with E-state index in [9.17, 15) is 8.42 Å². The molecular formula is C36H47ClN10O3S. The van der Waals surface area contributed by atoms with Gasteiger partial charge >= 0.3 is 0 Å². The molecule has 0 amide bonds. The van der Waals surface area contributed by atoms with E-state index in [0.29, 0.717) is 51.9 Å². The fraction of sp³-hybridized carbons (Fsp3) is 0.500. The second-order valence-corrected chi connectivity index (χ2v) is 16.5. The van der Waals surface area contributed by atoms with Crippen molar-refractivity contribution in [3.05, 3.63) is 53.4 Å². The summed E-state index contributed by atoms with van der Waals surface area (Å²) in [4.78, 5) is 25.7. The summed E-state index contributed by atoms with van der Waals surface area (Å²) in [5.74, 6) is 1.94. The zero-order valence-electron chi connectivity index (χ0n) is 29.8. The number of piperidine rings is 1. The van der Waals surface area contributed by atoms with Gasteiger partial charge in [-0.25, -0.2) is 13.4 Å². The van der Waals surface area contributed by atoms with Gasteiger partial charge in [0.2, 0.25) is 16.0 Å². The van der Waals surface area contributed by atoms with E-state index in [-0.39, 0.29) is 10.8 Å². The van der Waals surface area contributed by atoms with Crippen LogP contribution < -0.4 is 24.6 Å². The molecule has 0 unspecified atom stereocenters. The number of nitrogens with one attached hydrogen (secondary N) is 2. The molecule has 2 aromatic carbocycles. The number of methoxy groups -OCH3 is 1. The molecule has 3 aliphatic rings. The maximum absolute atomic E-state index is 13.0. The molecule has 3 fully saturated rings. The van der Waals surface area contributed by atoms with Crippen molar-refractivity contribution >= 4 is 67.2 Å². The molecule has 2 N–H and O–H groups in total. The van der Waals surface area contributed by atoms with E-state index in [2.05, 4.69) is 59.5 Å². The second kappa shape index (κ2) is 14.9. The van der Waals surface area contributed by atoms with Crippen molar-refractivity contribution in [2.45, 2.75) is 45.1 Å². The van der Waals surface area contributed by atoms with Crippen LogP contribution in [0.3, 0.4) is 0 Å². The molecule has 0 spiro atoms. The first kappa shape index (κ1) is 35.4. The summed E-state index contributed by atoms with van der Waals surface area (Å²) < 4.78 is 33.2. The zero-order chi connectivity index (χ0) is 35.7. The largest absolute Gasteiger partial charge is 0.494 e. The number of benzene rings is 2. The van der Waals surface area contributed by atoms with Gasteiger partial charge in [0.1, 0.15) is 22.0 Å². The molecule has 15 heteroatoms. The Hall–Kier alpha value is -3.98. The predicted molar refractivity (Wildman–Crippen MR) is 205 cm³/mol. The smallest absolute Gasteiger partial charge is 0.234 e. The summed E-state index contributed by atoms with van der Waals surface area (Å²) in [6, 6.07) is 8.52. The number of hydrogen-bond acceptors (Lipinski definition) is 12. The molecule has 4 heterocycles. The predicted octanol–water partition coefficient (Wildman–Crippen LogP) is 5.52. The molecule has 2 aliphatic heterocycles. The summed E-state index contributed by atoms with van der Waals surface area (Å²) in [6.45, 7) is 8.25. The van der Waals surface area contributed by atoms with Crippen molar-refractivity contribution in [2.75, 3.05) is 86.1 Å². The maximum atomic E-state index is 13.0. The number of rotatable bonds is 12. The summed E-state index contributed by atoms with van der Waals surface area (Å²) in [5, 5.41) is 6.91. The van der Waals surface area contributed by atoms with Crippen LogP contribution in [0.1, 0.15) is 38.2 Å². The average molecular weight is 735 g/mol. The lowest BCUT2D eigenvalue weighted by molar-refractivity contribution is 0.0982. The molecule has 7 rings (SSSR count). The third-order valence-corrected chi connectivity index (χ3v) is 12.4. The number of halogens is 1. The molecule has 1 saturated carbocycles. The molecule has 272 valence electrons. The van der Waals surface area contributed by atoms with Crippen LogP contribution >= 0.6 is 11.6 Å². The first-order valence-electron chi connectivity index (χ1n) is 17.8. The number of anilines is 6. The van der Waals surface area contributed by atoms with Gasteiger partial charge in [0.25, 0.3) is 0 Å². The van der Waals surface area contributed by atoms with Crippen LogP contribution in [0.5, 0.6) is 5.75 Å². The van der Waals surface area contributed by atoms with Gasteiger partial charge in [0.15, 0.2) is 5.82 Å². The Morgan fingerprint density at radius 3 is 2.41 bits per heavy atom. The Morgan fingerprint density at radius 2 is 1.71 bits per heavy atom. The minimum atomic E-state index is -3.63. The lowest BCUT2D eigenvalue weighted by Crippen LogP contribution is -2.52. The van der Waals surface area contributed by atoms with Gasteiger partial charge in [-0.3, -0.25) is 19.2 Å². The molecular weight excluding hydrogens is 688 g/mol. The van der Waals surface area contributed by atoms with Gasteiger partial charge in [-0.05, 0) is 75.8 Å². The summed E-state index contributed by atoms with van der Waals surface area (Å²) in [7, 11) is 1.78. The quantitative estimate of drug-likeness (QED) is 0.190. The van der Waals surface area contributed by atoms with E-state index in [1.807, 2.05) is 0 Å².